The first-order chi connectivity index (χ1) is 11.0. The van der Waals surface area contributed by atoms with Crippen molar-refractivity contribution < 1.29 is 19.5 Å². The molecule has 0 spiro atoms. The molecule has 0 heterocycles. The van der Waals surface area contributed by atoms with Crippen LogP contribution in [0.15, 0.2) is 18.2 Å². The molecule has 0 unspecified atom stereocenters. The minimum Gasteiger partial charge on any atom is -0.457 e. The van der Waals surface area contributed by atoms with E-state index in [-0.39, 0.29) is 19.0 Å². The molecule has 0 aliphatic heterocycles. The van der Waals surface area contributed by atoms with Gasteiger partial charge in [-0.05, 0) is 48.9 Å². The summed E-state index contributed by atoms with van der Waals surface area (Å²) in [6.45, 7) is 0.105. The molecule has 2 N–H and O–H groups in total. The molecule has 1 aromatic carbocycles. The van der Waals surface area contributed by atoms with Crippen LogP contribution in [0.25, 0.3) is 0 Å². The lowest BCUT2D eigenvalue weighted by Crippen LogP contribution is -2.44. The van der Waals surface area contributed by atoms with E-state index in [0.29, 0.717) is 17.7 Å². The van der Waals surface area contributed by atoms with E-state index >= 15 is 0 Å². The van der Waals surface area contributed by atoms with E-state index in [1.165, 1.54) is 0 Å². The van der Waals surface area contributed by atoms with Gasteiger partial charge < -0.3 is 15.3 Å². The summed E-state index contributed by atoms with van der Waals surface area (Å²) in [7, 11) is 0. The topological polar surface area (TPSA) is 105 Å². The summed E-state index contributed by atoms with van der Waals surface area (Å²) in [6.07, 6.45) is 4.76. The highest BCUT2D eigenvalue weighted by molar-refractivity contribution is 5.73. The second-order valence-electron chi connectivity index (χ2n) is 5.79. The quantitative estimate of drug-likeness (QED) is 0.467. The van der Waals surface area contributed by atoms with Gasteiger partial charge in [0.2, 0.25) is 0 Å². The van der Waals surface area contributed by atoms with Gasteiger partial charge in [-0.1, -0.05) is 18.6 Å². The number of rotatable bonds is 7. The van der Waals surface area contributed by atoms with Crippen LogP contribution in [-0.4, -0.2) is 23.2 Å². The zero-order chi connectivity index (χ0) is 16.7. The monoisotopic (exact) mass is 321 g/mol. The predicted molar refractivity (Wildman–Crippen MR) is 81.7 cm³/mol. The minimum atomic E-state index is -0.861. The van der Waals surface area contributed by atoms with Crippen molar-refractivity contribution in [1.29, 1.82) is 0 Å². The molecule has 7 heteroatoms. The van der Waals surface area contributed by atoms with Gasteiger partial charge in [-0.3, -0.25) is 4.79 Å². The van der Waals surface area contributed by atoms with Crippen LogP contribution < -0.4 is 5.73 Å². The Morgan fingerprint density at radius 2 is 2.09 bits per heavy atom. The highest BCUT2D eigenvalue weighted by Gasteiger charge is 2.34. The van der Waals surface area contributed by atoms with Crippen molar-refractivity contribution in [2.75, 3.05) is 6.54 Å². The molecule has 0 bridgehead atoms. The van der Waals surface area contributed by atoms with Crippen LogP contribution in [-0.2, 0) is 27.4 Å². The van der Waals surface area contributed by atoms with Crippen LogP contribution in [0.5, 0.6) is 0 Å². The summed E-state index contributed by atoms with van der Waals surface area (Å²) in [4.78, 5) is 27.0. The number of esters is 1. The van der Waals surface area contributed by atoms with Crippen molar-refractivity contribution in [3.8, 4) is 0 Å². The molecule has 1 aliphatic rings. The molecule has 0 atom stereocenters. The van der Waals surface area contributed by atoms with E-state index < -0.39 is 10.7 Å². The number of carbonyl (C=O) groups is 1. The molecule has 0 aromatic heterocycles. The maximum atomic E-state index is 12.3. The summed E-state index contributed by atoms with van der Waals surface area (Å²) < 4.78 is 5.66. The second kappa shape index (κ2) is 7.92. The Hall–Kier alpha value is -2.15. The van der Waals surface area contributed by atoms with E-state index in [4.69, 9.17) is 10.5 Å². The number of nitrogens with zero attached hydrogens (tertiary/aromatic N) is 1. The minimum absolute atomic E-state index is 0.0346. The van der Waals surface area contributed by atoms with Gasteiger partial charge in [0.15, 0.2) is 0 Å². The summed E-state index contributed by atoms with van der Waals surface area (Å²) >= 11 is 0. The van der Waals surface area contributed by atoms with Gasteiger partial charge in [0.25, 0.3) is 5.09 Å². The fourth-order valence-electron chi connectivity index (χ4n) is 2.90. The molecule has 2 rings (SSSR count). The Balaban J connectivity index is 2.00. The van der Waals surface area contributed by atoms with Crippen LogP contribution in [0, 0.1) is 16.2 Å². The van der Waals surface area contributed by atoms with Gasteiger partial charge in [0, 0.05) is 6.54 Å². The molecule has 1 fully saturated rings. The van der Waals surface area contributed by atoms with Gasteiger partial charge in [-0.15, -0.1) is 10.1 Å². The molecule has 1 radical (unpaired) electrons. The van der Waals surface area contributed by atoms with Gasteiger partial charge in [0.1, 0.15) is 12.2 Å². The summed E-state index contributed by atoms with van der Waals surface area (Å²) in [5, 5.41) is 9.46. The van der Waals surface area contributed by atoms with E-state index in [9.17, 15) is 14.9 Å². The van der Waals surface area contributed by atoms with Gasteiger partial charge in [-0.2, -0.15) is 0 Å². The Morgan fingerprint density at radius 3 is 2.74 bits per heavy atom. The highest BCUT2D eigenvalue weighted by atomic mass is 16.9. The molecule has 7 nitrogen and oxygen atoms in total. The van der Waals surface area contributed by atoms with Gasteiger partial charge in [0.05, 0.1) is 6.42 Å². The van der Waals surface area contributed by atoms with Crippen molar-refractivity contribution in [2.45, 2.75) is 50.7 Å². The number of hydrogen-bond acceptors (Lipinski definition) is 6. The smallest absolute Gasteiger partial charge is 0.310 e. The standard InChI is InChI=1S/C16H21N2O5/c17-12-16(8-4-1-5-9-16)23-15(19)10-13-6-2-3-7-14(13)11-22-18(20)21/h2,6-7H,1,4-5,8-12,17H2. The molecular formula is C16H21N2O5. The third kappa shape index (κ3) is 4.92. The third-order valence-corrected chi connectivity index (χ3v) is 4.18. The Morgan fingerprint density at radius 1 is 1.35 bits per heavy atom. The van der Waals surface area contributed by atoms with Crippen LogP contribution in [0.4, 0.5) is 0 Å². The van der Waals surface area contributed by atoms with E-state index in [0.717, 1.165) is 32.1 Å². The number of carbonyl (C=O) groups excluding carboxylic acids is 1. The first-order valence-corrected chi connectivity index (χ1v) is 7.72. The van der Waals surface area contributed by atoms with E-state index in [1.54, 1.807) is 18.2 Å². The van der Waals surface area contributed by atoms with Gasteiger partial charge >= 0.3 is 5.97 Å². The van der Waals surface area contributed by atoms with Crippen molar-refractivity contribution in [2.24, 2.45) is 5.73 Å². The third-order valence-electron chi connectivity index (χ3n) is 4.18. The number of ether oxygens (including phenoxy) is 1. The van der Waals surface area contributed by atoms with Crippen molar-refractivity contribution in [1.82, 2.24) is 0 Å². The SMILES string of the molecule is NCC1(OC(=O)Cc2cc[c]cc2CO[N+](=O)[O-])CCCCC1. The number of hydrogen-bond donors (Lipinski definition) is 1. The Labute approximate surface area is 134 Å². The van der Waals surface area contributed by atoms with E-state index in [2.05, 4.69) is 10.9 Å². The molecule has 1 saturated carbocycles. The first kappa shape index (κ1) is 17.2. The normalized spacial score (nSPS) is 16.6. The molecule has 23 heavy (non-hydrogen) atoms. The summed E-state index contributed by atoms with van der Waals surface area (Å²) in [5.74, 6) is -0.370. The fraction of sp³-hybridized carbons (Fsp3) is 0.562. The summed E-state index contributed by atoms with van der Waals surface area (Å²) in [6, 6.07) is 7.74. The maximum absolute atomic E-state index is 12.3. The molecule has 1 aromatic rings. The fourth-order valence-corrected chi connectivity index (χ4v) is 2.90. The molecule has 1 aliphatic carbocycles. The van der Waals surface area contributed by atoms with E-state index in [1.807, 2.05) is 0 Å². The van der Waals surface area contributed by atoms with Gasteiger partial charge in [-0.25, -0.2) is 0 Å². The summed E-state index contributed by atoms with van der Waals surface area (Å²) in [5.41, 5.74) is 6.44. The maximum Gasteiger partial charge on any atom is 0.310 e. The second-order valence-corrected chi connectivity index (χ2v) is 5.79. The first-order valence-electron chi connectivity index (χ1n) is 7.72. The predicted octanol–water partition coefficient (Wildman–Crippen LogP) is 1.94. The van der Waals surface area contributed by atoms with Crippen molar-refractivity contribution in [3.63, 3.8) is 0 Å². The van der Waals surface area contributed by atoms with Crippen LogP contribution >= 0.6 is 0 Å². The largest absolute Gasteiger partial charge is 0.457 e. The van der Waals surface area contributed by atoms with Crippen molar-refractivity contribution in [3.05, 3.63) is 45.5 Å². The number of nitrogens with two attached hydrogens (primary N) is 1. The molecule has 0 amide bonds. The average Bonchev–Trinajstić information content (AvgIpc) is 2.54. The number of benzene rings is 1. The van der Waals surface area contributed by atoms with Crippen LogP contribution in [0.1, 0.15) is 43.2 Å². The van der Waals surface area contributed by atoms with Crippen LogP contribution in [0.2, 0.25) is 0 Å². The highest BCUT2D eigenvalue weighted by Crippen LogP contribution is 2.31. The van der Waals surface area contributed by atoms with Crippen molar-refractivity contribution >= 4 is 5.97 Å². The zero-order valence-electron chi connectivity index (χ0n) is 13.0. The lowest BCUT2D eigenvalue weighted by atomic mass is 9.84. The average molecular weight is 321 g/mol. The lowest BCUT2D eigenvalue weighted by Gasteiger charge is -2.35. The molecule has 0 saturated heterocycles. The Bertz CT molecular complexity index is 555. The van der Waals surface area contributed by atoms with Crippen LogP contribution in [0.3, 0.4) is 0 Å². The zero-order valence-corrected chi connectivity index (χ0v) is 13.0. The Kier molecular flexibility index (Phi) is 5.92. The molecule has 125 valence electrons. The molecular weight excluding hydrogens is 300 g/mol. The lowest BCUT2D eigenvalue weighted by molar-refractivity contribution is -0.763.